The molecule has 0 spiro atoms. The molecule has 5 nitrogen and oxygen atoms in total. The lowest BCUT2D eigenvalue weighted by molar-refractivity contribution is -0.127. The van der Waals surface area contributed by atoms with Crippen molar-refractivity contribution in [1.82, 2.24) is 10.3 Å². The second kappa shape index (κ2) is 6.62. The van der Waals surface area contributed by atoms with E-state index in [1.807, 2.05) is 17.5 Å². The van der Waals surface area contributed by atoms with E-state index in [1.54, 1.807) is 6.26 Å². The average molecular weight is 320 g/mol. The zero-order chi connectivity index (χ0) is 15.4. The lowest BCUT2D eigenvalue weighted by atomic mass is 9.82. The van der Waals surface area contributed by atoms with E-state index < -0.39 is 5.60 Å². The van der Waals surface area contributed by atoms with Gasteiger partial charge in [-0.3, -0.25) is 4.79 Å². The highest BCUT2D eigenvalue weighted by Gasteiger charge is 2.31. The molecule has 1 amide bonds. The summed E-state index contributed by atoms with van der Waals surface area (Å²) >= 11 is 1.49. The summed E-state index contributed by atoms with van der Waals surface area (Å²) in [5.41, 5.74) is -0.00983. The number of carbonyl (C=O) groups is 1. The van der Waals surface area contributed by atoms with Gasteiger partial charge in [0.1, 0.15) is 0 Å². The van der Waals surface area contributed by atoms with Gasteiger partial charge in [0.2, 0.25) is 5.91 Å². The molecule has 0 saturated heterocycles. The molecule has 0 bridgehead atoms. The van der Waals surface area contributed by atoms with Crippen molar-refractivity contribution < 1.29 is 14.3 Å². The third kappa shape index (κ3) is 3.75. The van der Waals surface area contributed by atoms with Crippen LogP contribution in [0.25, 0.3) is 10.8 Å². The molecule has 1 aliphatic rings. The Hall–Kier alpha value is -1.66. The molecular formula is C16H20N2O3S. The molecule has 1 fully saturated rings. The number of amides is 1. The lowest BCUT2D eigenvalue weighted by Gasteiger charge is -2.31. The van der Waals surface area contributed by atoms with E-state index in [9.17, 15) is 9.90 Å². The van der Waals surface area contributed by atoms with Crippen molar-refractivity contribution in [3.05, 3.63) is 29.5 Å². The molecule has 0 aromatic carbocycles. The highest BCUT2D eigenvalue weighted by atomic mass is 32.1. The first-order valence-corrected chi connectivity index (χ1v) is 8.50. The number of nitrogens with zero attached hydrogens (tertiary/aromatic N) is 1. The Morgan fingerprint density at radius 1 is 1.41 bits per heavy atom. The fourth-order valence-corrected chi connectivity index (χ4v) is 3.62. The topological polar surface area (TPSA) is 75.4 Å². The predicted octanol–water partition coefficient (Wildman–Crippen LogP) is 3.10. The van der Waals surface area contributed by atoms with Crippen molar-refractivity contribution >= 4 is 17.2 Å². The lowest BCUT2D eigenvalue weighted by Crippen LogP contribution is -2.38. The van der Waals surface area contributed by atoms with Crippen LogP contribution in [-0.2, 0) is 11.3 Å². The molecule has 0 atom stereocenters. The molecule has 1 aliphatic carbocycles. The number of aromatic nitrogens is 1. The van der Waals surface area contributed by atoms with E-state index in [0.29, 0.717) is 6.54 Å². The predicted molar refractivity (Wildman–Crippen MR) is 84.3 cm³/mol. The second-order valence-corrected chi connectivity index (χ2v) is 6.72. The molecule has 2 heterocycles. The van der Waals surface area contributed by atoms with Crippen LogP contribution >= 0.6 is 11.3 Å². The first-order chi connectivity index (χ1) is 10.6. The van der Waals surface area contributed by atoms with Crippen molar-refractivity contribution in [1.29, 1.82) is 0 Å². The van der Waals surface area contributed by atoms with E-state index in [2.05, 4.69) is 10.3 Å². The standard InChI is InChI=1S/C16H20N2O3S/c19-14(9-16(20)6-2-1-3-7-16)17-10-12-11-22-15(18-12)13-5-4-8-21-13/h4-5,8,11,20H,1-3,6-7,9-10H2,(H,17,19). The smallest absolute Gasteiger partial charge is 0.223 e. The van der Waals surface area contributed by atoms with Crippen LogP contribution in [0.3, 0.4) is 0 Å². The van der Waals surface area contributed by atoms with Crippen LogP contribution in [0.15, 0.2) is 28.2 Å². The van der Waals surface area contributed by atoms with Gasteiger partial charge in [0, 0.05) is 5.38 Å². The molecule has 6 heteroatoms. The summed E-state index contributed by atoms with van der Waals surface area (Å²) in [4.78, 5) is 16.4. The van der Waals surface area contributed by atoms with E-state index >= 15 is 0 Å². The van der Waals surface area contributed by atoms with Crippen LogP contribution in [0, 0.1) is 0 Å². The number of thiazole rings is 1. The molecule has 0 radical (unpaired) electrons. The Labute approximate surface area is 133 Å². The third-order valence-electron chi connectivity index (χ3n) is 4.02. The first kappa shape index (κ1) is 15.2. The Bertz CT molecular complexity index is 615. The molecule has 0 aliphatic heterocycles. The fourth-order valence-electron chi connectivity index (χ4n) is 2.84. The number of aliphatic hydroxyl groups is 1. The second-order valence-electron chi connectivity index (χ2n) is 5.86. The number of hydrogen-bond donors (Lipinski definition) is 2. The minimum Gasteiger partial charge on any atom is -0.462 e. The Balaban J connectivity index is 1.51. The van der Waals surface area contributed by atoms with E-state index in [-0.39, 0.29) is 12.3 Å². The summed E-state index contributed by atoms with van der Waals surface area (Å²) < 4.78 is 5.30. The van der Waals surface area contributed by atoms with Gasteiger partial charge in [0.25, 0.3) is 0 Å². The van der Waals surface area contributed by atoms with Crippen molar-refractivity contribution in [3.8, 4) is 10.8 Å². The summed E-state index contributed by atoms with van der Waals surface area (Å²) in [5.74, 6) is 0.621. The van der Waals surface area contributed by atoms with Crippen LogP contribution < -0.4 is 5.32 Å². The molecule has 0 unspecified atom stereocenters. The summed E-state index contributed by atoms with van der Waals surface area (Å²) in [6.45, 7) is 0.381. The molecule has 118 valence electrons. The summed E-state index contributed by atoms with van der Waals surface area (Å²) in [7, 11) is 0. The zero-order valence-corrected chi connectivity index (χ0v) is 13.2. The van der Waals surface area contributed by atoms with Crippen molar-refractivity contribution in [2.75, 3.05) is 0 Å². The normalized spacial score (nSPS) is 17.3. The van der Waals surface area contributed by atoms with Crippen molar-refractivity contribution in [2.45, 2.75) is 50.7 Å². The quantitative estimate of drug-likeness (QED) is 0.887. The van der Waals surface area contributed by atoms with Gasteiger partial charge in [0.15, 0.2) is 10.8 Å². The largest absolute Gasteiger partial charge is 0.462 e. The highest BCUT2D eigenvalue weighted by Crippen LogP contribution is 2.30. The van der Waals surface area contributed by atoms with Crippen molar-refractivity contribution in [2.24, 2.45) is 0 Å². The van der Waals surface area contributed by atoms with Gasteiger partial charge in [-0.2, -0.15) is 0 Å². The summed E-state index contributed by atoms with van der Waals surface area (Å²) in [6.07, 6.45) is 6.40. The number of rotatable bonds is 5. The number of furan rings is 1. The summed E-state index contributed by atoms with van der Waals surface area (Å²) in [6, 6.07) is 3.68. The fraction of sp³-hybridized carbons (Fsp3) is 0.500. The molecule has 2 aromatic heterocycles. The van der Waals surface area contributed by atoms with Gasteiger partial charge in [-0.1, -0.05) is 19.3 Å². The molecule has 2 aromatic rings. The number of carbonyl (C=O) groups excluding carboxylic acids is 1. The monoisotopic (exact) mass is 320 g/mol. The van der Waals surface area contributed by atoms with Gasteiger partial charge in [-0.15, -0.1) is 11.3 Å². The summed E-state index contributed by atoms with van der Waals surface area (Å²) in [5, 5.41) is 15.9. The zero-order valence-electron chi connectivity index (χ0n) is 12.4. The maximum absolute atomic E-state index is 12.0. The van der Waals surface area contributed by atoms with Gasteiger partial charge in [-0.25, -0.2) is 4.98 Å². The van der Waals surface area contributed by atoms with E-state index in [1.165, 1.54) is 11.3 Å². The Kier molecular flexibility index (Phi) is 4.59. The minimum absolute atomic E-state index is 0.114. The van der Waals surface area contributed by atoms with Crippen LogP contribution in [0.5, 0.6) is 0 Å². The van der Waals surface area contributed by atoms with Gasteiger partial charge >= 0.3 is 0 Å². The van der Waals surface area contributed by atoms with Crippen LogP contribution in [0.1, 0.15) is 44.2 Å². The van der Waals surface area contributed by atoms with Crippen LogP contribution in [-0.4, -0.2) is 21.6 Å². The van der Waals surface area contributed by atoms with Crippen LogP contribution in [0.2, 0.25) is 0 Å². The SMILES string of the molecule is O=C(CC1(O)CCCCC1)NCc1csc(-c2ccco2)n1. The van der Waals surface area contributed by atoms with E-state index in [0.717, 1.165) is 48.6 Å². The van der Waals surface area contributed by atoms with Gasteiger partial charge in [-0.05, 0) is 25.0 Å². The third-order valence-corrected chi connectivity index (χ3v) is 4.93. The maximum atomic E-state index is 12.0. The first-order valence-electron chi connectivity index (χ1n) is 7.62. The molecule has 3 rings (SSSR count). The molecular weight excluding hydrogens is 300 g/mol. The van der Waals surface area contributed by atoms with Crippen LogP contribution in [0.4, 0.5) is 0 Å². The molecule has 22 heavy (non-hydrogen) atoms. The Morgan fingerprint density at radius 3 is 2.95 bits per heavy atom. The number of hydrogen-bond acceptors (Lipinski definition) is 5. The molecule has 1 saturated carbocycles. The number of nitrogens with one attached hydrogen (secondary N) is 1. The Morgan fingerprint density at radius 2 is 2.23 bits per heavy atom. The average Bonchev–Trinajstić information content (AvgIpc) is 3.16. The van der Waals surface area contributed by atoms with Gasteiger partial charge in [0.05, 0.1) is 30.5 Å². The van der Waals surface area contributed by atoms with Crippen molar-refractivity contribution in [3.63, 3.8) is 0 Å². The minimum atomic E-state index is -0.816. The van der Waals surface area contributed by atoms with E-state index in [4.69, 9.17) is 4.42 Å². The molecule has 2 N–H and O–H groups in total. The maximum Gasteiger partial charge on any atom is 0.223 e. The highest BCUT2D eigenvalue weighted by molar-refractivity contribution is 7.13. The van der Waals surface area contributed by atoms with Gasteiger partial charge < -0.3 is 14.8 Å².